The molecular formula is C9H22N2O. The Morgan fingerprint density at radius 1 is 1.17 bits per heavy atom. The highest BCUT2D eigenvalue weighted by molar-refractivity contribution is 5.52. The van der Waals surface area contributed by atoms with Gasteiger partial charge in [0.2, 0.25) is 0 Å². The van der Waals surface area contributed by atoms with Crippen molar-refractivity contribution < 1.29 is 4.84 Å². The first kappa shape index (κ1) is 14.0. The maximum atomic E-state index is 4.26. The second-order valence-corrected chi connectivity index (χ2v) is 2.95. The molecule has 1 aliphatic rings. The van der Waals surface area contributed by atoms with Gasteiger partial charge < -0.3 is 9.74 Å². The first-order chi connectivity index (χ1) is 5.65. The van der Waals surface area contributed by atoms with Crippen LogP contribution in [0.15, 0.2) is 5.16 Å². The van der Waals surface area contributed by atoms with E-state index in [1.165, 1.54) is 26.4 Å². The summed E-state index contributed by atoms with van der Waals surface area (Å²) in [6.45, 7) is 1.80. The van der Waals surface area contributed by atoms with E-state index in [0.29, 0.717) is 0 Å². The van der Waals surface area contributed by atoms with Gasteiger partial charge >= 0.3 is 0 Å². The Hall–Kier alpha value is -0.570. The summed E-state index contributed by atoms with van der Waals surface area (Å²) in [6.07, 6.45) is 6.08. The average molecular weight is 174 g/mol. The molecule has 3 nitrogen and oxygen atoms in total. The highest BCUT2D eigenvalue weighted by Crippen LogP contribution is 2.14. The lowest BCUT2D eigenvalue weighted by atomic mass is 10.9. The Morgan fingerprint density at radius 3 is 1.50 bits per heavy atom. The number of oxime groups is 1. The van der Waals surface area contributed by atoms with Crippen LogP contribution in [0, 0.1) is 0 Å². The normalized spacial score (nSPS) is 12.8. The lowest BCUT2D eigenvalue weighted by Crippen LogP contribution is -1.99. The molecule has 1 saturated carbocycles. The molecule has 1 aliphatic carbocycles. The molecule has 0 aromatic carbocycles. The van der Waals surface area contributed by atoms with Gasteiger partial charge in [-0.2, -0.15) is 0 Å². The highest BCUT2D eigenvalue weighted by atomic mass is 16.6. The van der Waals surface area contributed by atoms with Crippen LogP contribution in [-0.4, -0.2) is 39.4 Å². The molecule has 1 fully saturated rings. The Bertz CT molecular complexity index is 85.0. The van der Waals surface area contributed by atoms with Crippen molar-refractivity contribution in [3.05, 3.63) is 0 Å². The molecule has 0 unspecified atom stereocenters. The molecule has 0 aromatic heterocycles. The lowest BCUT2D eigenvalue weighted by Gasteiger charge is -1.90. The summed E-state index contributed by atoms with van der Waals surface area (Å²) in [6, 6.07) is 0. The summed E-state index contributed by atoms with van der Waals surface area (Å²) in [5.41, 5.74) is 0. The molecule has 0 radical (unpaired) electrons. The Kier molecular flexibility index (Phi) is 15.2. The van der Waals surface area contributed by atoms with Gasteiger partial charge in [0, 0.05) is 6.21 Å². The Labute approximate surface area is 76.4 Å². The van der Waals surface area contributed by atoms with E-state index < -0.39 is 0 Å². The van der Waals surface area contributed by atoms with Crippen molar-refractivity contribution in [3.8, 4) is 0 Å². The Balaban J connectivity index is 0. The average Bonchev–Trinajstić information content (AvgIpc) is 2.71. The number of rotatable bonds is 1. The van der Waals surface area contributed by atoms with Crippen LogP contribution >= 0.6 is 0 Å². The van der Waals surface area contributed by atoms with Crippen molar-refractivity contribution in [2.24, 2.45) is 5.16 Å². The van der Waals surface area contributed by atoms with Crippen LogP contribution < -0.4 is 0 Å². The van der Waals surface area contributed by atoms with E-state index >= 15 is 0 Å². The minimum atomic E-state index is 1.50. The quantitative estimate of drug-likeness (QED) is 0.448. The molecule has 0 heterocycles. The summed E-state index contributed by atoms with van der Waals surface area (Å²) in [5, 5.41) is 3.35. The summed E-state index contributed by atoms with van der Waals surface area (Å²) < 4.78 is 0. The smallest absolute Gasteiger partial charge is 0.106 e. The standard InChI is InChI=1S/C3H7NO.C3H9N.C3H6/c1-3-4-5-2;1-4(2)3;1-2-3-1/h3H,1-2H3;1-3H3;1-3H2/b4-3+;;. The minimum absolute atomic E-state index is 1.50. The molecule has 74 valence electrons. The molecular weight excluding hydrogens is 152 g/mol. The van der Waals surface area contributed by atoms with Crippen molar-refractivity contribution in [1.82, 2.24) is 4.90 Å². The van der Waals surface area contributed by atoms with Crippen LogP contribution in [0.4, 0.5) is 0 Å². The van der Waals surface area contributed by atoms with Gasteiger partial charge in [-0.1, -0.05) is 19.3 Å². The van der Waals surface area contributed by atoms with E-state index in [2.05, 4.69) is 9.99 Å². The number of hydrogen-bond acceptors (Lipinski definition) is 3. The van der Waals surface area contributed by atoms with Gasteiger partial charge in [0.1, 0.15) is 7.11 Å². The third-order valence-corrected chi connectivity index (χ3v) is 0.564. The summed E-state index contributed by atoms with van der Waals surface area (Å²) in [5.74, 6) is 0. The number of nitrogens with zero attached hydrogens (tertiary/aromatic N) is 2. The topological polar surface area (TPSA) is 24.8 Å². The van der Waals surface area contributed by atoms with Gasteiger partial charge in [-0.25, -0.2) is 0 Å². The SMILES string of the molecule is C/C=N/OC.C1CC1.CN(C)C. The molecule has 0 atom stereocenters. The van der Waals surface area contributed by atoms with Gasteiger partial charge in [-0.15, -0.1) is 5.16 Å². The van der Waals surface area contributed by atoms with Crippen LogP contribution in [0.25, 0.3) is 0 Å². The summed E-state index contributed by atoms with van der Waals surface area (Å²) in [4.78, 5) is 6.26. The fourth-order valence-corrected chi connectivity index (χ4v) is 0.105. The van der Waals surface area contributed by atoms with Gasteiger partial charge in [0.25, 0.3) is 0 Å². The van der Waals surface area contributed by atoms with E-state index in [1.807, 2.05) is 26.0 Å². The zero-order chi connectivity index (χ0) is 9.82. The van der Waals surface area contributed by atoms with Crippen LogP contribution in [-0.2, 0) is 4.84 Å². The molecule has 0 aromatic rings. The molecule has 0 spiro atoms. The van der Waals surface area contributed by atoms with Crippen LogP contribution in [0.2, 0.25) is 0 Å². The maximum Gasteiger partial charge on any atom is 0.106 e. The van der Waals surface area contributed by atoms with Gasteiger partial charge in [0.05, 0.1) is 0 Å². The summed E-state index contributed by atoms with van der Waals surface area (Å²) >= 11 is 0. The first-order valence-electron chi connectivity index (χ1n) is 4.27. The van der Waals surface area contributed by atoms with E-state index in [0.717, 1.165) is 0 Å². The van der Waals surface area contributed by atoms with E-state index in [1.54, 1.807) is 13.1 Å². The van der Waals surface area contributed by atoms with E-state index in [4.69, 9.17) is 0 Å². The van der Waals surface area contributed by atoms with Crippen LogP contribution in [0.5, 0.6) is 0 Å². The molecule has 0 bridgehead atoms. The third-order valence-electron chi connectivity index (χ3n) is 0.564. The van der Waals surface area contributed by atoms with E-state index in [-0.39, 0.29) is 0 Å². The predicted molar refractivity (Wildman–Crippen MR) is 54.6 cm³/mol. The van der Waals surface area contributed by atoms with Crippen LogP contribution in [0.3, 0.4) is 0 Å². The first-order valence-corrected chi connectivity index (χ1v) is 4.27. The maximum absolute atomic E-state index is 4.26. The minimum Gasteiger partial charge on any atom is -0.399 e. The fourth-order valence-electron chi connectivity index (χ4n) is 0.105. The third kappa shape index (κ3) is 113. The predicted octanol–water partition coefficient (Wildman–Crippen LogP) is 1.99. The second-order valence-electron chi connectivity index (χ2n) is 2.95. The van der Waals surface area contributed by atoms with Gasteiger partial charge in [0.15, 0.2) is 0 Å². The van der Waals surface area contributed by atoms with Crippen molar-refractivity contribution in [1.29, 1.82) is 0 Å². The zero-order valence-corrected chi connectivity index (χ0v) is 9.00. The second kappa shape index (κ2) is 13.1. The Morgan fingerprint density at radius 2 is 1.50 bits per heavy atom. The van der Waals surface area contributed by atoms with Crippen molar-refractivity contribution in [2.45, 2.75) is 26.2 Å². The van der Waals surface area contributed by atoms with Gasteiger partial charge in [-0.3, -0.25) is 0 Å². The molecule has 0 amide bonds. The molecule has 0 aliphatic heterocycles. The monoisotopic (exact) mass is 174 g/mol. The molecule has 1 rings (SSSR count). The molecule has 12 heavy (non-hydrogen) atoms. The zero-order valence-electron chi connectivity index (χ0n) is 9.00. The summed E-state index contributed by atoms with van der Waals surface area (Å²) in [7, 11) is 7.51. The molecule has 0 N–H and O–H groups in total. The van der Waals surface area contributed by atoms with Crippen LogP contribution in [0.1, 0.15) is 26.2 Å². The van der Waals surface area contributed by atoms with E-state index in [9.17, 15) is 0 Å². The molecule has 0 saturated heterocycles. The highest BCUT2D eigenvalue weighted by Gasteiger charge is 1.95. The van der Waals surface area contributed by atoms with Crippen molar-refractivity contribution >= 4 is 6.21 Å². The largest absolute Gasteiger partial charge is 0.399 e. The molecule has 3 heteroatoms. The van der Waals surface area contributed by atoms with Gasteiger partial charge in [-0.05, 0) is 28.1 Å². The lowest BCUT2D eigenvalue weighted by molar-refractivity contribution is 0.215. The van der Waals surface area contributed by atoms with Crippen molar-refractivity contribution in [3.63, 3.8) is 0 Å². The van der Waals surface area contributed by atoms with Crippen molar-refractivity contribution in [2.75, 3.05) is 28.3 Å². The number of hydrogen-bond donors (Lipinski definition) is 0. The fraction of sp³-hybridized carbons (Fsp3) is 0.889.